The number of thiophene rings is 2. The van der Waals surface area contributed by atoms with E-state index in [1.807, 2.05) is 59.3 Å². The standard InChI is InChI=1S/C23H20N2OS4/c26-23(24-19-11-13-27-21(19)15-29-17-7-3-1-4-8-17)25-20-12-14-28-22(20)16-30-18-9-5-2-6-10-18/h1-14H,15-16H2,(H2,24,25,26). The van der Waals surface area contributed by atoms with Gasteiger partial charge in [0.25, 0.3) is 0 Å². The van der Waals surface area contributed by atoms with E-state index in [4.69, 9.17) is 0 Å². The van der Waals surface area contributed by atoms with Gasteiger partial charge in [0.1, 0.15) is 0 Å². The molecule has 152 valence electrons. The third kappa shape index (κ3) is 5.92. The van der Waals surface area contributed by atoms with Crippen molar-refractivity contribution in [3.63, 3.8) is 0 Å². The Morgan fingerprint density at radius 3 is 1.53 bits per heavy atom. The number of thioether (sulfide) groups is 2. The normalized spacial score (nSPS) is 10.7. The summed E-state index contributed by atoms with van der Waals surface area (Å²) < 4.78 is 0. The minimum atomic E-state index is -0.205. The number of rotatable bonds is 8. The maximum Gasteiger partial charge on any atom is 0.323 e. The molecule has 2 heterocycles. The highest BCUT2D eigenvalue weighted by Crippen LogP contribution is 2.32. The van der Waals surface area contributed by atoms with Crippen LogP contribution in [0.5, 0.6) is 0 Å². The summed E-state index contributed by atoms with van der Waals surface area (Å²) >= 11 is 6.86. The van der Waals surface area contributed by atoms with Crippen LogP contribution in [0, 0.1) is 0 Å². The van der Waals surface area contributed by atoms with Crippen molar-refractivity contribution < 1.29 is 4.79 Å². The Morgan fingerprint density at radius 1 is 0.667 bits per heavy atom. The fourth-order valence-corrected chi connectivity index (χ4v) is 6.47. The zero-order chi connectivity index (χ0) is 20.6. The molecule has 0 aliphatic carbocycles. The number of anilines is 2. The SMILES string of the molecule is O=C(Nc1ccsc1CSc1ccccc1)Nc1ccsc1CSc1ccccc1. The molecule has 0 radical (unpaired) electrons. The molecule has 0 bridgehead atoms. The molecule has 0 spiro atoms. The van der Waals surface area contributed by atoms with Crippen molar-refractivity contribution in [3.05, 3.63) is 93.3 Å². The molecule has 2 N–H and O–H groups in total. The number of carbonyl (C=O) groups excluding carboxylic acids is 1. The fraction of sp³-hybridized carbons (Fsp3) is 0.0870. The summed E-state index contributed by atoms with van der Waals surface area (Å²) in [4.78, 5) is 17.4. The summed E-state index contributed by atoms with van der Waals surface area (Å²) in [5.74, 6) is 1.66. The number of urea groups is 1. The van der Waals surface area contributed by atoms with Crippen molar-refractivity contribution in [3.8, 4) is 0 Å². The van der Waals surface area contributed by atoms with Gasteiger partial charge in [0.15, 0.2) is 0 Å². The first-order valence-electron chi connectivity index (χ1n) is 9.34. The summed E-state index contributed by atoms with van der Waals surface area (Å²) in [7, 11) is 0. The Morgan fingerprint density at radius 2 is 1.10 bits per heavy atom. The Kier molecular flexibility index (Phi) is 7.53. The zero-order valence-electron chi connectivity index (χ0n) is 16.0. The lowest BCUT2D eigenvalue weighted by Crippen LogP contribution is -2.19. The Bertz CT molecular complexity index is 991. The lowest BCUT2D eigenvalue weighted by Gasteiger charge is -2.09. The maximum absolute atomic E-state index is 12.6. The van der Waals surface area contributed by atoms with E-state index in [1.165, 1.54) is 9.79 Å². The maximum atomic E-state index is 12.6. The van der Waals surface area contributed by atoms with Crippen molar-refractivity contribution in [2.45, 2.75) is 21.3 Å². The molecule has 7 heteroatoms. The number of carbonyl (C=O) groups is 1. The predicted octanol–water partition coefficient (Wildman–Crippen LogP) is 8.04. The van der Waals surface area contributed by atoms with Gasteiger partial charge in [-0.25, -0.2) is 4.79 Å². The number of amides is 2. The second-order valence-electron chi connectivity index (χ2n) is 6.30. The van der Waals surface area contributed by atoms with Crippen LogP contribution in [0.25, 0.3) is 0 Å². The Balaban J connectivity index is 1.32. The van der Waals surface area contributed by atoms with Crippen LogP contribution in [0.1, 0.15) is 9.75 Å². The predicted molar refractivity (Wildman–Crippen MR) is 133 cm³/mol. The number of benzene rings is 2. The molecule has 4 aromatic rings. The largest absolute Gasteiger partial charge is 0.323 e. The first-order chi connectivity index (χ1) is 14.8. The van der Waals surface area contributed by atoms with Gasteiger partial charge in [0.2, 0.25) is 0 Å². The minimum absolute atomic E-state index is 0.205. The summed E-state index contributed by atoms with van der Waals surface area (Å²) in [5.41, 5.74) is 1.74. The van der Waals surface area contributed by atoms with Gasteiger partial charge in [-0.1, -0.05) is 36.4 Å². The van der Waals surface area contributed by atoms with Crippen LogP contribution in [0.15, 0.2) is 93.3 Å². The topological polar surface area (TPSA) is 41.1 Å². The van der Waals surface area contributed by atoms with E-state index in [0.717, 1.165) is 32.6 Å². The highest BCUT2D eigenvalue weighted by Gasteiger charge is 2.12. The van der Waals surface area contributed by atoms with Crippen LogP contribution in [-0.4, -0.2) is 6.03 Å². The summed E-state index contributed by atoms with van der Waals surface area (Å²) in [5, 5.41) is 10.1. The summed E-state index contributed by atoms with van der Waals surface area (Å²) in [6, 6.07) is 24.3. The minimum Gasteiger partial charge on any atom is -0.307 e. The molecule has 0 unspecified atom stereocenters. The van der Waals surface area contributed by atoms with Crippen LogP contribution in [0.2, 0.25) is 0 Å². The highest BCUT2D eigenvalue weighted by atomic mass is 32.2. The van der Waals surface area contributed by atoms with Crippen molar-refractivity contribution in [1.29, 1.82) is 0 Å². The molecule has 0 saturated carbocycles. The van der Waals surface area contributed by atoms with Gasteiger partial charge in [-0.3, -0.25) is 0 Å². The molecular formula is C23H20N2OS4. The van der Waals surface area contributed by atoms with Crippen LogP contribution in [0.4, 0.5) is 16.2 Å². The van der Waals surface area contributed by atoms with E-state index in [1.54, 1.807) is 46.2 Å². The van der Waals surface area contributed by atoms with Crippen LogP contribution >= 0.6 is 46.2 Å². The van der Waals surface area contributed by atoms with E-state index in [-0.39, 0.29) is 6.03 Å². The molecule has 4 rings (SSSR count). The monoisotopic (exact) mass is 468 g/mol. The van der Waals surface area contributed by atoms with Crippen molar-refractivity contribution in [2.75, 3.05) is 10.6 Å². The number of hydrogen-bond donors (Lipinski definition) is 2. The Hall–Kier alpha value is -2.19. The second-order valence-corrected chi connectivity index (χ2v) is 10.4. The molecule has 2 aromatic carbocycles. The Labute approximate surface area is 192 Å². The molecule has 0 fully saturated rings. The first-order valence-corrected chi connectivity index (χ1v) is 13.1. The number of hydrogen-bond acceptors (Lipinski definition) is 5. The van der Waals surface area contributed by atoms with E-state index in [9.17, 15) is 4.79 Å². The molecule has 0 aliphatic rings. The summed E-state index contributed by atoms with van der Waals surface area (Å²) in [6.45, 7) is 0. The van der Waals surface area contributed by atoms with Crippen LogP contribution in [-0.2, 0) is 11.5 Å². The van der Waals surface area contributed by atoms with E-state index in [0.29, 0.717) is 0 Å². The molecule has 30 heavy (non-hydrogen) atoms. The molecule has 3 nitrogen and oxygen atoms in total. The number of nitrogens with one attached hydrogen (secondary N) is 2. The quantitative estimate of drug-likeness (QED) is 0.257. The van der Waals surface area contributed by atoms with Gasteiger partial charge in [-0.15, -0.1) is 46.2 Å². The molecule has 0 aliphatic heterocycles. The van der Waals surface area contributed by atoms with Gasteiger partial charge >= 0.3 is 6.03 Å². The van der Waals surface area contributed by atoms with Crippen molar-refractivity contribution in [1.82, 2.24) is 0 Å². The van der Waals surface area contributed by atoms with Crippen molar-refractivity contribution in [2.24, 2.45) is 0 Å². The average Bonchev–Trinajstić information content (AvgIpc) is 3.41. The smallest absolute Gasteiger partial charge is 0.307 e. The molecular weight excluding hydrogens is 449 g/mol. The fourth-order valence-electron chi connectivity index (χ4n) is 2.73. The van der Waals surface area contributed by atoms with Crippen LogP contribution in [0.3, 0.4) is 0 Å². The second kappa shape index (κ2) is 10.7. The van der Waals surface area contributed by atoms with Crippen molar-refractivity contribution >= 4 is 63.6 Å². The van der Waals surface area contributed by atoms with E-state index in [2.05, 4.69) is 34.9 Å². The van der Waals surface area contributed by atoms with Gasteiger partial charge in [0.05, 0.1) is 11.4 Å². The van der Waals surface area contributed by atoms with Gasteiger partial charge in [-0.2, -0.15) is 0 Å². The van der Waals surface area contributed by atoms with Gasteiger partial charge in [-0.05, 0) is 47.2 Å². The zero-order valence-corrected chi connectivity index (χ0v) is 19.3. The first kappa shape index (κ1) is 21.1. The average molecular weight is 469 g/mol. The van der Waals surface area contributed by atoms with Crippen LogP contribution < -0.4 is 10.6 Å². The van der Waals surface area contributed by atoms with E-state index < -0.39 is 0 Å². The van der Waals surface area contributed by atoms with E-state index >= 15 is 0 Å². The molecule has 0 atom stereocenters. The lowest BCUT2D eigenvalue weighted by molar-refractivity contribution is 0.262. The highest BCUT2D eigenvalue weighted by molar-refractivity contribution is 7.98. The molecule has 0 saturated heterocycles. The molecule has 2 amide bonds. The summed E-state index contributed by atoms with van der Waals surface area (Å²) in [6.07, 6.45) is 0. The third-order valence-electron chi connectivity index (χ3n) is 4.21. The molecule has 2 aromatic heterocycles. The van der Waals surface area contributed by atoms with Gasteiger partial charge in [0, 0.05) is 31.1 Å². The third-order valence-corrected chi connectivity index (χ3v) is 8.50. The lowest BCUT2D eigenvalue weighted by atomic mass is 10.4. The van der Waals surface area contributed by atoms with Gasteiger partial charge < -0.3 is 10.6 Å².